The fourth-order valence-corrected chi connectivity index (χ4v) is 5.01. The second kappa shape index (κ2) is 8.96. The number of hydrogen-bond donors (Lipinski definition) is 0. The predicted octanol–water partition coefficient (Wildman–Crippen LogP) is 7.08. The van der Waals surface area contributed by atoms with Gasteiger partial charge >= 0.3 is 6.61 Å². The summed E-state index contributed by atoms with van der Waals surface area (Å²) in [5.74, 6) is 1.68. The molecule has 0 N–H and O–H groups in total. The first-order chi connectivity index (χ1) is 12.6. The Morgan fingerprint density at radius 3 is 2.62 bits per heavy atom. The highest BCUT2D eigenvalue weighted by molar-refractivity contribution is 5.31. The molecule has 0 aromatic heterocycles. The Kier molecular flexibility index (Phi) is 6.66. The van der Waals surface area contributed by atoms with Crippen molar-refractivity contribution in [1.82, 2.24) is 0 Å². The Hall–Kier alpha value is -1.45. The molecule has 2 fully saturated rings. The van der Waals surface area contributed by atoms with Gasteiger partial charge in [-0.15, -0.1) is 0 Å². The van der Waals surface area contributed by atoms with Gasteiger partial charge in [-0.3, -0.25) is 0 Å². The lowest BCUT2D eigenvalue weighted by molar-refractivity contribution is -0.0522. The van der Waals surface area contributed by atoms with Crippen LogP contribution in [-0.4, -0.2) is 6.61 Å². The lowest BCUT2D eigenvalue weighted by atomic mass is 9.63. The summed E-state index contributed by atoms with van der Waals surface area (Å²) in [6, 6.07) is 4.50. The second-order valence-electron chi connectivity index (χ2n) is 7.92. The Morgan fingerprint density at radius 1 is 1.12 bits per heavy atom. The second-order valence-corrected chi connectivity index (χ2v) is 7.92. The Balaban J connectivity index is 1.57. The molecule has 0 radical (unpaired) electrons. The first-order valence-corrected chi connectivity index (χ1v) is 9.92. The van der Waals surface area contributed by atoms with Gasteiger partial charge in [-0.05, 0) is 93.2 Å². The average molecular weight is 366 g/mol. The predicted molar refractivity (Wildman–Crippen MR) is 98.0 cm³/mol. The molecule has 4 heteroatoms. The number of benzene rings is 1. The molecule has 1 nitrogen and oxygen atoms in total. The summed E-state index contributed by atoms with van der Waals surface area (Å²) in [6.45, 7) is -0.915. The van der Waals surface area contributed by atoms with Crippen LogP contribution in [0, 0.1) is 23.6 Å². The van der Waals surface area contributed by atoms with Crippen LogP contribution in [0.25, 0.3) is 0 Å². The summed E-state index contributed by atoms with van der Waals surface area (Å²) in [7, 11) is 0. The van der Waals surface area contributed by atoms with Crippen molar-refractivity contribution in [2.24, 2.45) is 17.8 Å². The van der Waals surface area contributed by atoms with Crippen LogP contribution in [0.5, 0.6) is 5.75 Å². The van der Waals surface area contributed by atoms with Crippen molar-refractivity contribution in [1.29, 1.82) is 0 Å². The van der Waals surface area contributed by atoms with E-state index in [9.17, 15) is 13.2 Å². The third kappa shape index (κ3) is 4.83. The lowest BCUT2D eigenvalue weighted by Gasteiger charge is -2.42. The van der Waals surface area contributed by atoms with Crippen LogP contribution in [0.1, 0.15) is 69.8 Å². The lowest BCUT2D eigenvalue weighted by Crippen LogP contribution is -2.30. The first-order valence-electron chi connectivity index (χ1n) is 9.92. The monoisotopic (exact) mass is 366 g/mol. The molecule has 1 aromatic rings. The summed E-state index contributed by atoms with van der Waals surface area (Å²) in [5.41, 5.74) is 0.928. The normalized spacial score (nSPS) is 29.1. The van der Waals surface area contributed by atoms with E-state index in [1.165, 1.54) is 50.7 Å². The van der Waals surface area contributed by atoms with Crippen molar-refractivity contribution < 1.29 is 17.9 Å². The molecular weight excluding hydrogens is 337 g/mol. The van der Waals surface area contributed by atoms with Gasteiger partial charge in [0.15, 0.2) is 11.6 Å². The molecule has 0 saturated heterocycles. The van der Waals surface area contributed by atoms with Gasteiger partial charge in [-0.1, -0.05) is 24.6 Å². The topological polar surface area (TPSA) is 9.23 Å². The minimum atomic E-state index is -2.99. The summed E-state index contributed by atoms with van der Waals surface area (Å²) >= 11 is 0. The summed E-state index contributed by atoms with van der Waals surface area (Å²) in [4.78, 5) is 0. The fraction of sp³-hybridized carbons (Fsp3) is 0.636. The van der Waals surface area contributed by atoms with Crippen molar-refractivity contribution >= 4 is 0 Å². The molecule has 1 unspecified atom stereocenters. The van der Waals surface area contributed by atoms with Crippen molar-refractivity contribution in [2.75, 3.05) is 0 Å². The summed E-state index contributed by atoms with van der Waals surface area (Å²) < 4.78 is 42.8. The number of ether oxygens (including phenoxy) is 1. The van der Waals surface area contributed by atoms with E-state index in [1.807, 2.05) is 0 Å². The molecule has 0 amide bonds. The summed E-state index contributed by atoms with van der Waals surface area (Å²) in [6.07, 6.45) is 14.2. The van der Waals surface area contributed by atoms with Crippen LogP contribution in [0.2, 0.25) is 0 Å². The van der Waals surface area contributed by atoms with Crippen LogP contribution in [0.4, 0.5) is 13.2 Å². The highest BCUT2D eigenvalue weighted by Crippen LogP contribution is 2.48. The Bertz CT molecular complexity index is 613. The maximum Gasteiger partial charge on any atom is 0.387 e. The molecule has 26 heavy (non-hydrogen) atoms. The van der Waals surface area contributed by atoms with E-state index < -0.39 is 12.4 Å². The van der Waals surface area contributed by atoms with Crippen LogP contribution < -0.4 is 4.74 Å². The van der Waals surface area contributed by atoms with Gasteiger partial charge < -0.3 is 4.74 Å². The quantitative estimate of drug-likeness (QED) is 0.489. The first kappa shape index (κ1) is 19.3. The smallest absolute Gasteiger partial charge is 0.387 e. The van der Waals surface area contributed by atoms with E-state index >= 15 is 0 Å². The zero-order chi connectivity index (χ0) is 18.5. The molecule has 2 aliphatic carbocycles. The highest BCUT2D eigenvalue weighted by Gasteiger charge is 2.35. The molecule has 4 atom stereocenters. The van der Waals surface area contributed by atoms with Gasteiger partial charge in [-0.2, -0.15) is 8.78 Å². The highest BCUT2D eigenvalue weighted by atomic mass is 19.3. The molecule has 1 aromatic carbocycles. The molecule has 0 heterocycles. The van der Waals surface area contributed by atoms with Gasteiger partial charge in [-0.25, -0.2) is 4.39 Å². The number of rotatable bonds is 6. The SMILES string of the molecule is CC=CCC[C@@H]1CC[C@@H]2CC(c3ccc(OC(F)F)c(F)c3)CC[C@@H]2C1. The molecule has 0 bridgehead atoms. The molecule has 3 rings (SSSR count). The Labute approximate surface area is 154 Å². The maximum absolute atomic E-state index is 14.0. The standard InChI is InChI=1S/C22H29F3O/c1-2-3-4-5-15-6-7-17-13-18(9-8-16(17)12-15)19-10-11-21(20(23)14-19)26-22(24)25/h2-3,10-11,14-18,22H,4-9,12-13H2,1H3/t15-,16-,17-,18?/m1/s1. The number of fused-ring (bicyclic) bond motifs is 1. The third-order valence-corrected chi connectivity index (χ3v) is 6.34. The minimum absolute atomic E-state index is 0.339. The third-order valence-electron chi connectivity index (χ3n) is 6.34. The summed E-state index contributed by atoms with van der Waals surface area (Å²) in [5, 5.41) is 0. The van der Waals surface area contributed by atoms with E-state index in [2.05, 4.69) is 23.8 Å². The van der Waals surface area contributed by atoms with E-state index in [0.717, 1.165) is 36.2 Å². The number of hydrogen-bond acceptors (Lipinski definition) is 1. The van der Waals surface area contributed by atoms with Crippen molar-refractivity contribution in [3.05, 3.63) is 41.7 Å². The molecular formula is C22H29F3O. The van der Waals surface area contributed by atoms with Crippen LogP contribution in [0.3, 0.4) is 0 Å². The molecule has 2 saturated carbocycles. The fourth-order valence-electron chi connectivity index (χ4n) is 5.01. The minimum Gasteiger partial charge on any atom is -0.432 e. The maximum atomic E-state index is 14.0. The number of alkyl halides is 2. The van der Waals surface area contributed by atoms with E-state index in [4.69, 9.17) is 0 Å². The van der Waals surface area contributed by atoms with Crippen molar-refractivity contribution in [3.8, 4) is 5.75 Å². The Morgan fingerprint density at radius 2 is 1.88 bits per heavy atom. The van der Waals surface area contributed by atoms with E-state index in [0.29, 0.717) is 5.92 Å². The molecule has 2 aliphatic rings. The molecule has 0 aliphatic heterocycles. The number of allylic oxidation sites excluding steroid dienone is 2. The number of halogens is 3. The van der Waals surface area contributed by atoms with Crippen LogP contribution in [-0.2, 0) is 0 Å². The van der Waals surface area contributed by atoms with Gasteiger partial charge in [0.1, 0.15) is 0 Å². The van der Waals surface area contributed by atoms with Crippen LogP contribution in [0.15, 0.2) is 30.4 Å². The van der Waals surface area contributed by atoms with Crippen molar-refractivity contribution in [2.45, 2.75) is 70.8 Å². The van der Waals surface area contributed by atoms with Crippen LogP contribution >= 0.6 is 0 Å². The van der Waals surface area contributed by atoms with Gasteiger partial charge in [0.05, 0.1) is 0 Å². The molecule has 0 spiro atoms. The van der Waals surface area contributed by atoms with Gasteiger partial charge in [0.25, 0.3) is 0 Å². The zero-order valence-corrected chi connectivity index (χ0v) is 15.5. The average Bonchev–Trinajstić information content (AvgIpc) is 2.63. The van der Waals surface area contributed by atoms with Gasteiger partial charge in [0.2, 0.25) is 0 Å². The molecule has 144 valence electrons. The zero-order valence-electron chi connectivity index (χ0n) is 15.5. The van der Waals surface area contributed by atoms with E-state index in [1.54, 1.807) is 6.07 Å². The van der Waals surface area contributed by atoms with Crippen molar-refractivity contribution in [3.63, 3.8) is 0 Å². The van der Waals surface area contributed by atoms with Gasteiger partial charge in [0, 0.05) is 0 Å². The largest absolute Gasteiger partial charge is 0.432 e. The van der Waals surface area contributed by atoms with E-state index in [-0.39, 0.29) is 5.75 Å².